The molecule has 0 aromatic carbocycles. The van der Waals surface area contributed by atoms with Gasteiger partial charge in [-0.2, -0.15) is 0 Å². The van der Waals surface area contributed by atoms with E-state index in [4.69, 9.17) is 26.8 Å². The maximum atomic E-state index is 11.3. The van der Waals surface area contributed by atoms with E-state index in [1.807, 2.05) is 0 Å². The Kier molecular flexibility index (Phi) is 8.29. The molecule has 0 aliphatic carbocycles. The van der Waals surface area contributed by atoms with Crippen LogP contribution in [0.4, 0.5) is 0 Å². The third kappa shape index (κ3) is 7.44. The SMILES string of the molecule is [N-]=[N+]=NCCOC(=O)C(N)CCC[C@@H](N)C(=O)O. The molecule has 102 valence electrons. The van der Waals surface area contributed by atoms with E-state index in [1.165, 1.54) is 0 Å². The van der Waals surface area contributed by atoms with Gasteiger partial charge in [-0.05, 0) is 24.8 Å². The van der Waals surface area contributed by atoms with Crippen LogP contribution in [0.2, 0.25) is 0 Å². The summed E-state index contributed by atoms with van der Waals surface area (Å²) in [7, 11) is 0. The lowest BCUT2D eigenvalue weighted by molar-refractivity contribution is -0.145. The molecule has 0 amide bonds. The number of nitrogens with two attached hydrogens (primary N) is 2. The van der Waals surface area contributed by atoms with Crippen molar-refractivity contribution in [2.45, 2.75) is 31.3 Å². The minimum Gasteiger partial charge on any atom is -0.480 e. The molecule has 0 aliphatic rings. The molecule has 0 saturated carbocycles. The third-order valence-corrected chi connectivity index (χ3v) is 2.15. The second-order valence-corrected chi connectivity index (χ2v) is 3.60. The lowest BCUT2D eigenvalue weighted by atomic mass is 10.1. The van der Waals surface area contributed by atoms with Crippen LogP contribution in [0.1, 0.15) is 19.3 Å². The largest absolute Gasteiger partial charge is 0.480 e. The van der Waals surface area contributed by atoms with Gasteiger partial charge in [0.05, 0.1) is 13.2 Å². The number of hydrogen-bond acceptors (Lipinski definition) is 6. The average molecular weight is 259 g/mol. The number of azide groups is 1. The quantitative estimate of drug-likeness (QED) is 0.170. The molecule has 0 radical (unpaired) electrons. The van der Waals surface area contributed by atoms with Gasteiger partial charge in [0.1, 0.15) is 12.1 Å². The fraction of sp³-hybridized carbons (Fsp3) is 0.778. The first-order valence-electron chi connectivity index (χ1n) is 5.40. The van der Waals surface area contributed by atoms with Crippen molar-refractivity contribution < 1.29 is 19.4 Å². The van der Waals surface area contributed by atoms with E-state index in [0.717, 1.165) is 0 Å². The molecule has 0 bridgehead atoms. The Morgan fingerprint density at radius 2 is 1.94 bits per heavy atom. The molecular formula is C9H17N5O4. The zero-order valence-electron chi connectivity index (χ0n) is 9.86. The first-order chi connectivity index (χ1) is 8.49. The van der Waals surface area contributed by atoms with Crippen molar-refractivity contribution in [1.29, 1.82) is 0 Å². The number of hydrogen-bond donors (Lipinski definition) is 3. The van der Waals surface area contributed by atoms with E-state index in [-0.39, 0.29) is 19.6 Å². The molecule has 0 saturated heterocycles. The van der Waals surface area contributed by atoms with E-state index in [1.54, 1.807) is 0 Å². The van der Waals surface area contributed by atoms with Crippen molar-refractivity contribution >= 4 is 11.9 Å². The molecule has 9 nitrogen and oxygen atoms in total. The summed E-state index contributed by atoms with van der Waals surface area (Å²) >= 11 is 0. The van der Waals surface area contributed by atoms with Gasteiger partial charge in [0.2, 0.25) is 0 Å². The van der Waals surface area contributed by atoms with Crippen molar-refractivity contribution in [2.24, 2.45) is 16.6 Å². The Hall–Kier alpha value is -1.83. The Morgan fingerprint density at radius 3 is 2.50 bits per heavy atom. The van der Waals surface area contributed by atoms with Crippen LogP contribution in [0.25, 0.3) is 10.4 Å². The lowest BCUT2D eigenvalue weighted by Crippen LogP contribution is -2.34. The van der Waals surface area contributed by atoms with Crippen LogP contribution in [0.15, 0.2) is 5.11 Å². The molecule has 0 spiro atoms. The van der Waals surface area contributed by atoms with Crippen LogP contribution >= 0.6 is 0 Å². The molecule has 9 heteroatoms. The highest BCUT2D eigenvalue weighted by Crippen LogP contribution is 2.03. The third-order valence-electron chi connectivity index (χ3n) is 2.15. The van der Waals surface area contributed by atoms with Crippen molar-refractivity contribution in [1.82, 2.24) is 0 Å². The predicted octanol–water partition coefficient (Wildman–Crippen LogP) is -0.251. The van der Waals surface area contributed by atoms with Crippen LogP contribution in [-0.2, 0) is 14.3 Å². The van der Waals surface area contributed by atoms with Crippen LogP contribution in [0, 0.1) is 0 Å². The number of carboxylic acids is 1. The van der Waals surface area contributed by atoms with Gasteiger partial charge in [-0.15, -0.1) is 0 Å². The molecule has 0 aromatic rings. The Labute approximate surface area is 104 Å². The zero-order chi connectivity index (χ0) is 14.0. The Morgan fingerprint density at radius 1 is 1.33 bits per heavy atom. The monoisotopic (exact) mass is 259 g/mol. The summed E-state index contributed by atoms with van der Waals surface area (Å²) in [5, 5.41) is 11.7. The van der Waals surface area contributed by atoms with Crippen molar-refractivity contribution in [3.05, 3.63) is 10.4 Å². The van der Waals surface area contributed by atoms with Gasteiger partial charge in [-0.3, -0.25) is 9.59 Å². The van der Waals surface area contributed by atoms with E-state index in [2.05, 4.69) is 10.0 Å². The minimum atomic E-state index is -1.08. The predicted molar refractivity (Wildman–Crippen MR) is 62.4 cm³/mol. The van der Waals surface area contributed by atoms with Crippen molar-refractivity contribution in [3.8, 4) is 0 Å². The maximum Gasteiger partial charge on any atom is 0.322 e. The van der Waals surface area contributed by atoms with Gasteiger partial charge in [-0.1, -0.05) is 5.11 Å². The molecule has 0 heterocycles. The Bertz CT molecular complexity index is 329. The van der Waals surface area contributed by atoms with Gasteiger partial charge in [-0.25, -0.2) is 0 Å². The van der Waals surface area contributed by atoms with Crippen molar-refractivity contribution in [3.63, 3.8) is 0 Å². The molecule has 5 N–H and O–H groups in total. The van der Waals surface area contributed by atoms with Gasteiger partial charge < -0.3 is 21.3 Å². The number of nitrogens with zero attached hydrogens (tertiary/aromatic N) is 3. The van der Waals surface area contributed by atoms with E-state index >= 15 is 0 Å². The number of carbonyl (C=O) groups is 2. The van der Waals surface area contributed by atoms with E-state index in [9.17, 15) is 9.59 Å². The number of carbonyl (C=O) groups excluding carboxylic acids is 1. The first kappa shape index (κ1) is 16.2. The smallest absolute Gasteiger partial charge is 0.322 e. The maximum absolute atomic E-state index is 11.3. The van der Waals surface area contributed by atoms with Gasteiger partial charge in [0.25, 0.3) is 0 Å². The highest BCUT2D eigenvalue weighted by Gasteiger charge is 2.16. The second-order valence-electron chi connectivity index (χ2n) is 3.60. The van der Waals surface area contributed by atoms with Gasteiger partial charge in [0, 0.05) is 4.91 Å². The first-order valence-corrected chi connectivity index (χ1v) is 5.40. The normalized spacial score (nSPS) is 13.2. The lowest BCUT2D eigenvalue weighted by Gasteiger charge is -2.11. The zero-order valence-corrected chi connectivity index (χ0v) is 9.86. The molecule has 0 aliphatic heterocycles. The second kappa shape index (κ2) is 9.23. The standard InChI is InChI=1S/C9H17N5O4/c10-6(8(15)16)2-1-3-7(11)9(17)18-5-4-13-14-12/h6-7H,1-5,10-11H2,(H,15,16)/t6-,7?/m1/s1. The summed E-state index contributed by atoms with van der Waals surface area (Å²) in [6, 6.07) is -1.77. The number of carboxylic acid groups (broad SMARTS) is 1. The summed E-state index contributed by atoms with van der Waals surface area (Å²) in [5.41, 5.74) is 18.8. The molecule has 1 unspecified atom stereocenters. The van der Waals surface area contributed by atoms with Gasteiger partial charge >= 0.3 is 11.9 Å². The number of ether oxygens (including phenoxy) is 1. The number of rotatable bonds is 9. The van der Waals surface area contributed by atoms with Crippen LogP contribution in [-0.4, -0.2) is 42.3 Å². The van der Waals surface area contributed by atoms with E-state index < -0.39 is 24.0 Å². The fourth-order valence-corrected chi connectivity index (χ4v) is 1.14. The molecule has 2 atom stereocenters. The molecule has 0 fully saturated rings. The highest BCUT2D eigenvalue weighted by atomic mass is 16.5. The number of esters is 1. The molecule has 0 rings (SSSR count). The average Bonchev–Trinajstić information content (AvgIpc) is 2.33. The Balaban J connectivity index is 3.74. The van der Waals surface area contributed by atoms with Crippen LogP contribution < -0.4 is 11.5 Å². The summed E-state index contributed by atoms with van der Waals surface area (Å²) in [6.07, 6.45) is 0.955. The molecule has 0 aromatic heterocycles. The molecule has 18 heavy (non-hydrogen) atoms. The summed E-state index contributed by atoms with van der Waals surface area (Å²) in [6.45, 7) is 0.0318. The summed E-state index contributed by atoms with van der Waals surface area (Å²) in [4.78, 5) is 24.2. The molecular weight excluding hydrogens is 242 g/mol. The summed E-state index contributed by atoms with van der Waals surface area (Å²) in [5.74, 6) is -1.69. The number of aliphatic carboxylic acids is 1. The highest BCUT2D eigenvalue weighted by molar-refractivity contribution is 5.75. The van der Waals surface area contributed by atoms with Crippen molar-refractivity contribution in [2.75, 3.05) is 13.2 Å². The van der Waals surface area contributed by atoms with E-state index in [0.29, 0.717) is 12.8 Å². The fourth-order valence-electron chi connectivity index (χ4n) is 1.14. The minimum absolute atomic E-state index is 0.0226. The summed E-state index contributed by atoms with van der Waals surface area (Å²) < 4.78 is 4.73. The van der Waals surface area contributed by atoms with Gasteiger partial charge in [0.15, 0.2) is 0 Å². The topological polar surface area (TPSA) is 164 Å². The van der Waals surface area contributed by atoms with Crippen LogP contribution in [0.3, 0.4) is 0 Å². The van der Waals surface area contributed by atoms with Crippen LogP contribution in [0.5, 0.6) is 0 Å².